The third-order valence-corrected chi connectivity index (χ3v) is 11.6. The predicted octanol–water partition coefficient (Wildman–Crippen LogP) is 3.40. The molecule has 0 amide bonds. The molecule has 19 heavy (non-hydrogen) atoms. The van der Waals surface area contributed by atoms with Gasteiger partial charge in [0.05, 0.1) is 38.6 Å². The molecule has 0 aliphatic carbocycles. The van der Waals surface area contributed by atoms with E-state index < -0.39 is 16.1 Å². The van der Waals surface area contributed by atoms with Gasteiger partial charge in [0.2, 0.25) is 0 Å². The van der Waals surface area contributed by atoms with Gasteiger partial charge in [-0.1, -0.05) is 39.3 Å². The molecule has 5 heteroatoms. The van der Waals surface area contributed by atoms with Crippen LogP contribution in [0.5, 0.6) is 0 Å². The van der Waals surface area contributed by atoms with E-state index in [2.05, 4.69) is 53.1 Å². The summed E-state index contributed by atoms with van der Waals surface area (Å²) >= 11 is 2.00. The van der Waals surface area contributed by atoms with Gasteiger partial charge >= 0.3 is 0 Å². The number of nitrogens with zero attached hydrogens (tertiary/aromatic N) is 2. The maximum Gasteiger partial charge on any atom is 0.0985 e. The Morgan fingerprint density at radius 3 is 1.26 bits per heavy atom. The molecular weight excluding hydrogens is 284 g/mol. The average Bonchev–Trinajstić information content (AvgIpc) is 2.56. The fourth-order valence-corrected chi connectivity index (χ4v) is 7.95. The summed E-state index contributed by atoms with van der Waals surface area (Å²) < 4.78 is 3.05. The molecule has 0 atom stereocenters. The summed E-state index contributed by atoms with van der Waals surface area (Å²) in [6.07, 6.45) is 0. The highest BCUT2D eigenvalue weighted by Gasteiger charge is 2.30. The second kappa shape index (κ2) is 4.50. The lowest BCUT2D eigenvalue weighted by atomic mass is 10.3. The van der Waals surface area contributed by atoms with Crippen molar-refractivity contribution in [1.82, 2.24) is 9.97 Å². The molecule has 0 radical (unpaired) electrons. The van der Waals surface area contributed by atoms with Crippen molar-refractivity contribution in [2.45, 2.75) is 53.1 Å². The summed E-state index contributed by atoms with van der Waals surface area (Å²) in [6.45, 7) is 18.6. The molecule has 2 heterocycles. The lowest BCUT2D eigenvalue weighted by molar-refractivity contribution is 1.11. The van der Waals surface area contributed by atoms with Gasteiger partial charge in [0.15, 0.2) is 0 Å². The molecule has 0 spiro atoms. The number of hydrogen-bond donors (Lipinski definition) is 0. The van der Waals surface area contributed by atoms with Gasteiger partial charge in [0.25, 0.3) is 0 Å². The van der Waals surface area contributed by atoms with Crippen LogP contribution in [0.15, 0.2) is 0 Å². The maximum absolute atomic E-state index is 4.88. The Morgan fingerprint density at radius 2 is 1.00 bits per heavy atom. The number of thiophene rings is 1. The molecule has 0 fully saturated rings. The first-order valence-electron chi connectivity index (χ1n) is 6.80. The largest absolute Gasteiger partial charge is 0.249 e. The molecule has 0 bridgehead atoms. The Bertz CT molecular complexity index is 579. The Labute approximate surface area is 122 Å². The third kappa shape index (κ3) is 2.69. The van der Waals surface area contributed by atoms with Crippen LogP contribution in [0.2, 0.25) is 39.3 Å². The van der Waals surface area contributed by atoms with E-state index in [0.29, 0.717) is 0 Å². The molecular formula is C14H24N2SSi2. The molecule has 0 saturated carbocycles. The van der Waals surface area contributed by atoms with Crippen molar-refractivity contribution >= 4 is 47.5 Å². The Morgan fingerprint density at radius 1 is 0.684 bits per heavy atom. The van der Waals surface area contributed by atoms with Gasteiger partial charge in [-0.25, -0.2) is 9.97 Å². The first-order chi connectivity index (χ1) is 8.51. The standard InChI is InChI=1S/C14H24N2SSi2/c1-9-10(2)16-12-11(15-9)13(18(3,4)5)17-14(12)19(6,7)8/h1-8H3. The molecule has 104 valence electrons. The quantitative estimate of drug-likeness (QED) is 0.795. The number of rotatable bonds is 2. The first-order valence-corrected chi connectivity index (χ1v) is 14.6. The van der Waals surface area contributed by atoms with Gasteiger partial charge in [-0.3, -0.25) is 0 Å². The van der Waals surface area contributed by atoms with Crippen molar-refractivity contribution in [3.63, 3.8) is 0 Å². The van der Waals surface area contributed by atoms with Gasteiger partial charge in [-0.15, -0.1) is 0 Å². The lowest BCUT2D eigenvalue weighted by Crippen LogP contribution is -2.38. The normalized spacial score (nSPS) is 13.3. The number of fused-ring (bicyclic) bond motifs is 1. The molecule has 0 unspecified atom stereocenters. The highest BCUT2D eigenvalue weighted by Crippen LogP contribution is 2.21. The number of aromatic nitrogens is 2. The van der Waals surface area contributed by atoms with Crippen LogP contribution in [0.4, 0.5) is 0 Å². The second-order valence-electron chi connectivity index (χ2n) is 7.35. The van der Waals surface area contributed by atoms with Gasteiger partial charge < -0.3 is 0 Å². The predicted molar refractivity (Wildman–Crippen MR) is 92.8 cm³/mol. The van der Waals surface area contributed by atoms with Gasteiger partial charge in [-0.05, 0) is 13.8 Å². The van der Waals surface area contributed by atoms with Crippen molar-refractivity contribution in [2.24, 2.45) is 0 Å². The molecule has 0 aliphatic heterocycles. The topological polar surface area (TPSA) is 25.8 Å². The Hall–Kier alpha value is -0.526. The van der Waals surface area contributed by atoms with Crippen molar-refractivity contribution < 1.29 is 0 Å². The van der Waals surface area contributed by atoms with Crippen LogP contribution in [0, 0.1) is 13.8 Å². The van der Waals surface area contributed by atoms with Gasteiger partial charge in [0.1, 0.15) is 0 Å². The zero-order chi connectivity index (χ0) is 14.6. The van der Waals surface area contributed by atoms with E-state index in [9.17, 15) is 0 Å². The van der Waals surface area contributed by atoms with E-state index in [4.69, 9.17) is 9.97 Å². The van der Waals surface area contributed by atoms with Crippen LogP contribution in [-0.4, -0.2) is 26.1 Å². The average molecular weight is 309 g/mol. The zero-order valence-corrected chi connectivity index (χ0v) is 16.1. The summed E-state index contributed by atoms with van der Waals surface area (Å²) in [5.74, 6) is 0. The van der Waals surface area contributed by atoms with Crippen LogP contribution >= 0.6 is 11.3 Å². The van der Waals surface area contributed by atoms with Crippen molar-refractivity contribution in [2.75, 3.05) is 0 Å². The minimum Gasteiger partial charge on any atom is -0.249 e. The molecule has 0 aromatic carbocycles. The summed E-state index contributed by atoms with van der Waals surface area (Å²) in [6, 6.07) is 0. The molecule has 2 aromatic heterocycles. The Balaban J connectivity index is 2.90. The molecule has 0 aliphatic rings. The van der Waals surface area contributed by atoms with Crippen LogP contribution in [0.3, 0.4) is 0 Å². The van der Waals surface area contributed by atoms with E-state index in [-0.39, 0.29) is 0 Å². The summed E-state index contributed by atoms with van der Waals surface area (Å²) in [5, 5.41) is 0. The van der Waals surface area contributed by atoms with Crippen molar-refractivity contribution in [3.05, 3.63) is 11.4 Å². The SMILES string of the molecule is Cc1nc2c([Si](C)(C)C)sc([Si](C)(C)C)c2nc1C. The highest BCUT2D eigenvalue weighted by molar-refractivity contribution is 7.37. The highest BCUT2D eigenvalue weighted by atomic mass is 32.1. The Kier molecular flexibility index (Phi) is 3.52. The number of hydrogen-bond acceptors (Lipinski definition) is 3. The second-order valence-corrected chi connectivity index (χ2v) is 19.1. The first kappa shape index (κ1) is 14.9. The summed E-state index contributed by atoms with van der Waals surface area (Å²) in [7, 11) is -2.72. The van der Waals surface area contributed by atoms with Crippen LogP contribution in [0.1, 0.15) is 11.4 Å². The molecule has 2 nitrogen and oxygen atoms in total. The van der Waals surface area contributed by atoms with E-state index in [1.165, 1.54) is 20.0 Å². The minimum atomic E-state index is -1.36. The van der Waals surface area contributed by atoms with E-state index >= 15 is 0 Å². The van der Waals surface area contributed by atoms with Gasteiger partial charge in [-0.2, -0.15) is 11.3 Å². The zero-order valence-electron chi connectivity index (χ0n) is 13.3. The third-order valence-electron chi connectivity index (χ3n) is 3.30. The molecule has 2 rings (SSSR count). The summed E-state index contributed by atoms with van der Waals surface area (Å²) in [5.41, 5.74) is 4.55. The van der Waals surface area contributed by atoms with Crippen LogP contribution in [0.25, 0.3) is 11.0 Å². The maximum atomic E-state index is 4.88. The van der Waals surface area contributed by atoms with E-state index in [1.54, 1.807) is 0 Å². The smallest absolute Gasteiger partial charge is 0.0985 e. The van der Waals surface area contributed by atoms with Gasteiger partial charge in [0, 0.05) is 9.00 Å². The minimum absolute atomic E-state index is 1.08. The molecule has 0 N–H and O–H groups in total. The fourth-order valence-electron chi connectivity index (χ4n) is 2.14. The van der Waals surface area contributed by atoms with E-state index in [0.717, 1.165) is 11.4 Å². The van der Waals surface area contributed by atoms with Crippen LogP contribution < -0.4 is 9.00 Å². The molecule has 2 aromatic rings. The fraction of sp³-hybridized carbons (Fsp3) is 0.571. The van der Waals surface area contributed by atoms with E-state index in [1.807, 2.05) is 11.3 Å². The lowest BCUT2D eigenvalue weighted by Gasteiger charge is -2.15. The summed E-state index contributed by atoms with van der Waals surface area (Å²) in [4.78, 5) is 9.76. The van der Waals surface area contributed by atoms with Crippen molar-refractivity contribution in [1.29, 1.82) is 0 Å². The van der Waals surface area contributed by atoms with Crippen LogP contribution in [-0.2, 0) is 0 Å². The number of aryl methyl sites for hydroxylation is 2. The monoisotopic (exact) mass is 308 g/mol. The van der Waals surface area contributed by atoms with Crippen molar-refractivity contribution in [3.8, 4) is 0 Å². The molecule has 0 saturated heterocycles.